The summed E-state index contributed by atoms with van der Waals surface area (Å²) < 4.78 is 1.66. The van der Waals surface area contributed by atoms with E-state index in [1.807, 2.05) is 36.4 Å². The van der Waals surface area contributed by atoms with Crippen molar-refractivity contribution < 1.29 is 9.90 Å². The summed E-state index contributed by atoms with van der Waals surface area (Å²) in [6.45, 7) is 0.193. The second kappa shape index (κ2) is 5.95. The highest BCUT2D eigenvalue weighted by Gasteiger charge is 2.18. The molecule has 0 aliphatic carbocycles. The van der Waals surface area contributed by atoms with Gasteiger partial charge >= 0.3 is 0 Å². The third kappa shape index (κ3) is 2.44. The van der Waals surface area contributed by atoms with Crippen LogP contribution in [0.5, 0.6) is 0 Å². The number of fused-ring (bicyclic) bond motifs is 1. The minimum absolute atomic E-state index is 0.0792. The van der Waals surface area contributed by atoms with Crippen LogP contribution in [0.1, 0.15) is 10.4 Å². The first-order valence-corrected chi connectivity index (χ1v) is 6.97. The number of aliphatic hydroxyl groups is 1. The summed E-state index contributed by atoms with van der Waals surface area (Å²) >= 11 is 0. The minimum Gasteiger partial charge on any atom is -0.395 e. The first kappa shape index (κ1) is 14.2. The normalized spacial score (nSPS) is 10.8. The van der Waals surface area contributed by atoms with Gasteiger partial charge in [0.25, 0.3) is 5.91 Å². The van der Waals surface area contributed by atoms with E-state index in [1.54, 1.807) is 17.8 Å². The van der Waals surface area contributed by atoms with Crippen LogP contribution in [0, 0.1) is 0 Å². The molecule has 6 heteroatoms. The molecule has 1 amide bonds. The Balaban J connectivity index is 2.08. The van der Waals surface area contributed by atoms with E-state index >= 15 is 0 Å². The van der Waals surface area contributed by atoms with E-state index in [9.17, 15) is 4.79 Å². The first-order valence-electron chi connectivity index (χ1n) is 6.97. The zero-order chi connectivity index (χ0) is 15.5. The van der Waals surface area contributed by atoms with Gasteiger partial charge in [-0.3, -0.25) is 4.79 Å². The molecule has 1 N–H and O–H groups in total. The highest BCUT2D eigenvalue weighted by Crippen LogP contribution is 2.21. The molecule has 0 atom stereocenters. The van der Waals surface area contributed by atoms with Gasteiger partial charge in [-0.25, -0.2) is 9.50 Å². The third-order valence-corrected chi connectivity index (χ3v) is 3.48. The second-order valence-electron chi connectivity index (χ2n) is 4.94. The minimum atomic E-state index is -0.207. The lowest BCUT2D eigenvalue weighted by molar-refractivity contribution is 0.0768. The molecule has 6 nitrogen and oxygen atoms in total. The third-order valence-electron chi connectivity index (χ3n) is 3.48. The van der Waals surface area contributed by atoms with Gasteiger partial charge in [-0.05, 0) is 6.07 Å². The molecule has 0 saturated carbocycles. The van der Waals surface area contributed by atoms with Crippen molar-refractivity contribution in [3.8, 4) is 11.3 Å². The van der Waals surface area contributed by atoms with Crippen LogP contribution in [0.4, 0.5) is 0 Å². The zero-order valence-corrected chi connectivity index (χ0v) is 12.2. The Kier molecular flexibility index (Phi) is 3.84. The van der Waals surface area contributed by atoms with Crippen molar-refractivity contribution in [2.45, 2.75) is 0 Å². The van der Waals surface area contributed by atoms with Gasteiger partial charge in [-0.15, -0.1) is 0 Å². The maximum atomic E-state index is 12.4. The Hall–Kier alpha value is -2.73. The molecule has 0 aliphatic heterocycles. The Morgan fingerprint density at radius 1 is 1.27 bits per heavy atom. The molecule has 22 heavy (non-hydrogen) atoms. The monoisotopic (exact) mass is 296 g/mol. The number of rotatable bonds is 4. The van der Waals surface area contributed by atoms with Gasteiger partial charge in [-0.1, -0.05) is 30.3 Å². The van der Waals surface area contributed by atoms with Crippen molar-refractivity contribution in [1.82, 2.24) is 19.5 Å². The van der Waals surface area contributed by atoms with Gasteiger partial charge in [0.15, 0.2) is 5.65 Å². The topological polar surface area (TPSA) is 70.7 Å². The van der Waals surface area contributed by atoms with E-state index in [4.69, 9.17) is 5.11 Å². The molecule has 0 unspecified atom stereocenters. The number of benzene rings is 1. The molecule has 0 spiro atoms. The fraction of sp³-hybridized carbons (Fsp3) is 0.188. The Morgan fingerprint density at radius 3 is 2.77 bits per heavy atom. The summed E-state index contributed by atoms with van der Waals surface area (Å²) in [5, 5.41) is 13.3. The summed E-state index contributed by atoms with van der Waals surface area (Å²) in [7, 11) is 1.64. The summed E-state index contributed by atoms with van der Waals surface area (Å²) in [5.41, 5.74) is 2.81. The van der Waals surface area contributed by atoms with Crippen LogP contribution in [0.25, 0.3) is 16.9 Å². The van der Waals surface area contributed by atoms with Crippen molar-refractivity contribution in [2.24, 2.45) is 0 Å². The van der Waals surface area contributed by atoms with E-state index in [0.29, 0.717) is 11.2 Å². The Morgan fingerprint density at radius 2 is 2.05 bits per heavy atom. The predicted octanol–water partition coefficient (Wildman–Crippen LogP) is 1.46. The largest absolute Gasteiger partial charge is 0.395 e. The standard InChI is InChI=1S/C16H16N4O2/c1-19(9-10-21)16(22)13-11-18-20-14(7-8-17-15(13)20)12-5-3-2-4-6-12/h2-8,11,21H,9-10H2,1H3. The number of hydrogen-bond acceptors (Lipinski definition) is 4. The van der Waals surface area contributed by atoms with Crippen molar-refractivity contribution >= 4 is 11.6 Å². The van der Waals surface area contributed by atoms with Crippen LogP contribution >= 0.6 is 0 Å². The lowest BCUT2D eigenvalue weighted by atomic mass is 10.1. The first-order chi connectivity index (χ1) is 10.7. The van der Waals surface area contributed by atoms with Crippen LogP contribution in [-0.4, -0.2) is 50.7 Å². The van der Waals surface area contributed by atoms with Crippen LogP contribution in [0.3, 0.4) is 0 Å². The highest BCUT2D eigenvalue weighted by molar-refractivity contribution is 5.99. The van der Waals surface area contributed by atoms with E-state index in [-0.39, 0.29) is 19.1 Å². The fourth-order valence-corrected chi connectivity index (χ4v) is 2.33. The molecule has 3 rings (SSSR count). The molecule has 1 aromatic carbocycles. The van der Waals surface area contributed by atoms with Crippen molar-refractivity contribution in [3.05, 3.63) is 54.4 Å². The van der Waals surface area contributed by atoms with E-state index < -0.39 is 0 Å². The average molecular weight is 296 g/mol. The lowest BCUT2D eigenvalue weighted by Gasteiger charge is -2.14. The lowest BCUT2D eigenvalue weighted by Crippen LogP contribution is -2.29. The molecular weight excluding hydrogens is 280 g/mol. The number of carbonyl (C=O) groups is 1. The Bertz CT molecular complexity index is 798. The van der Waals surface area contributed by atoms with Crippen LogP contribution in [-0.2, 0) is 0 Å². The summed E-state index contributed by atoms with van der Waals surface area (Å²) in [6, 6.07) is 11.7. The number of carbonyl (C=O) groups excluding carboxylic acids is 1. The number of hydrogen-bond donors (Lipinski definition) is 1. The van der Waals surface area contributed by atoms with E-state index in [1.165, 1.54) is 11.1 Å². The molecule has 0 radical (unpaired) electrons. The van der Waals surface area contributed by atoms with Crippen LogP contribution < -0.4 is 0 Å². The molecule has 2 aromatic heterocycles. The quantitative estimate of drug-likeness (QED) is 0.791. The van der Waals surface area contributed by atoms with Crippen LogP contribution in [0.15, 0.2) is 48.8 Å². The van der Waals surface area contributed by atoms with Crippen LogP contribution in [0.2, 0.25) is 0 Å². The number of aromatic nitrogens is 3. The van der Waals surface area contributed by atoms with Crippen molar-refractivity contribution in [1.29, 1.82) is 0 Å². The SMILES string of the molecule is CN(CCO)C(=O)c1cnn2c(-c3ccccc3)ccnc12. The van der Waals surface area contributed by atoms with E-state index in [0.717, 1.165) is 11.3 Å². The number of likely N-dealkylation sites (N-methyl/N-ethyl adjacent to an activating group) is 1. The number of nitrogens with zero attached hydrogens (tertiary/aromatic N) is 4. The number of amides is 1. The molecule has 0 saturated heterocycles. The molecule has 0 aliphatic rings. The maximum absolute atomic E-state index is 12.4. The van der Waals surface area contributed by atoms with Crippen molar-refractivity contribution in [2.75, 3.05) is 20.2 Å². The molecule has 0 fully saturated rings. The second-order valence-corrected chi connectivity index (χ2v) is 4.94. The molecule has 2 heterocycles. The average Bonchev–Trinajstić information content (AvgIpc) is 2.99. The summed E-state index contributed by atoms with van der Waals surface area (Å²) in [5.74, 6) is -0.207. The Labute approximate surface area is 127 Å². The predicted molar refractivity (Wildman–Crippen MR) is 82.5 cm³/mol. The molecule has 112 valence electrons. The highest BCUT2D eigenvalue weighted by atomic mass is 16.3. The van der Waals surface area contributed by atoms with Gasteiger partial charge in [0.2, 0.25) is 0 Å². The fourth-order valence-electron chi connectivity index (χ4n) is 2.33. The van der Waals surface area contributed by atoms with Gasteiger partial charge in [0.05, 0.1) is 18.5 Å². The van der Waals surface area contributed by atoms with Gasteiger partial charge in [0.1, 0.15) is 5.56 Å². The van der Waals surface area contributed by atoms with Gasteiger partial charge in [0, 0.05) is 25.4 Å². The summed E-state index contributed by atoms with van der Waals surface area (Å²) in [4.78, 5) is 18.1. The molecule has 0 bridgehead atoms. The molecule has 3 aromatic rings. The van der Waals surface area contributed by atoms with Crippen molar-refractivity contribution in [3.63, 3.8) is 0 Å². The maximum Gasteiger partial charge on any atom is 0.259 e. The smallest absolute Gasteiger partial charge is 0.259 e. The van der Waals surface area contributed by atoms with Gasteiger partial charge in [-0.2, -0.15) is 5.10 Å². The molecular formula is C16H16N4O2. The zero-order valence-electron chi connectivity index (χ0n) is 12.2. The number of aliphatic hydroxyl groups excluding tert-OH is 1. The van der Waals surface area contributed by atoms with E-state index in [2.05, 4.69) is 10.1 Å². The van der Waals surface area contributed by atoms with Gasteiger partial charge < -0.3 is 10.0 Å². The summed E-state index contributed by atoms with van der Waals surface area (Å²) in [6.07, 6.45) is 3.19.